The van der Waals surface area contributed by atoms with E-state index in [1.165, 1.54) is 28.8 Å². The maximum Gasteiger partial charge on any atom is 0.141 e. The molecule has 0 aliphatic rings. The topological polar surface area (TPSA) is 35.8 Å². The predicted octanol–water partition coefficient (Wildman–Crippen LogP) is 4.49. The van der Waals surface area contributed by atoms with E-state index in [1.807, 2.05) is 13.0 Å². The van der Waals surface area contributed by atoms with Gasteiger partial charge in [-0.2, -0.15) is 5.26 Å². The molecule has 0 spiro atoms. The van der Waals surface area contributed by atoms with Gasteiger partial charge in [-0.05, 0) is 44.5 Å². The van der Waals surface area contributed by atoms with Crippen molar-refractivity contribution in [3.05, 3.63) is 64.5 Å². The highest BCUT2D eigenvalue weighted by Crippen LogP contribution is 2.22. The normalized spacial score (nSPS) is 11.8. The summed E-state index contributed by atoms with van der Waals surface area (Å²) in [6.07, 6.45) is 0. The summed E-state index contributed by atoms with van der Waals surface area (Å²) in [6, 6.07) is 12.8. The first kappa shape index (κ1) is 14.1. The lowest BCUT2D eigenvalue weighted by atomic mass is 10.0. The highest BCUT2D eigenvalue weighted by atomic mass is 19.1. The molecule has 20 heavy (non-hydrogen) atoms. The number of halogens is 1. The smallest absolute Gasteiger partial charge is 0.141 e. The number of anilines is 1. The summed E-state index contributed by atoms with van der Waals surface area (Å²) < 4.78 is 13.3. The summed E-state index contributed by atoms with van der Waals surface area (Å²) in [6.45, 7) is 6.17. The van der Waals surface area contributed by atoms with Crippen LogP contribution < -0.4 is 5.32 Å². The zero-order valence-corrected chi connectivity index (χ0v) is 11.9. The first-order valence-corrected chi connectivity index (χ1v) is 6.54. The van der Waals surface area contributed by atoms with Crippen molar-refractivity contribution in [1.82, 2.24) is 0 Å². The van der Waals surface area contributed by atoms with Gasteiger partial charge in [-0.15, -0.1) is 0 Å². The number of aryl methyl sites for hydroxylation is 2. The van der Waals surface area contributed by atoms with Gasteiger partial charge in [0.25, 0.3) is 0 Å². The molecule has 2 aromatic rings. The van der Waals surface area contributed by atoms with Gasteiger partial charge in [0, 0.05) is 11.7 Å². The van der Waals surface area contributed by atoms with Crippen molar-refractivity contribution in [1.29, 1.82) is 5.26 Å². The number of benzene rings is 2. The standard InChI is InChI=1S/C17H17FN2/c1-11-6-12(2)8-14(7-11)13(3)20-16-4-5-17(18)15(9-16)10-19/h4-9,13,20H,1-3H3. The number of nitriles is 1. The molecule has 0 saturated carbocycles. The molecule has 2 aromatic carbocycles. The van der Waals surface area contributed by atoms with E-state index in [2.05, 4.69) is 37.4 Å². The second kappa shape index (κ2) is 5.75. The van der Waals surface area contributed by atoms with Crippen LogP contribution in [0, 0.1) is 31.0 Å². The van der Waals surface area contributed by atoms with Crippen molar-refractivity contribution >= 4 is 5.69 Å². The van der Waals surface area contributed by atoms with Crippen molar-refractivity contribution < 1.29 is 4.39 Å². The Morgan fingerprint density at radius 3 is 2.35 bits per heavy atom. The SMILES string of the molecule is Cc1cc(C)cc(C(C)Nc2ccc(F)c(C#N)c2)c1. The predicted molar refractivity (Wildman–Crippen MR) is 79.1 cm³/mol. The summed E-state index contributed by atoms with van der Waals surface area (Å²) in [5, 5.41) is 12.1. The number of hydrogen-bond acceptors (Lipinski definition) is 2. The van der Waals surface area contributed by atoms with E-state index in [1.54, 1.807) is 6.07 Å². The minimum atomic E-state index is -0.489. The largest absolute Gasteiger partial charge is 0.378 e. The van der Waals surface area contributed by atoms with Gasteiger partial charge in [0.05, 0.1) is 5.56 Å². The van der Waals surface area contributed by atoms with Crippen molar-refractivity contribution in [2.24, 2.45) is 0 Å². The average Bonchev–Trinajstić information content (AvgIpc) is 2.39. The van der Waals surface area contributed by atoms with Crippen LogP contribution in [0.5, 0.6) is 0 Å². The van der Waals surface area contributed by atoms with Crippen LogP contribution in [0.15, 0.2) is 36.4 Å². The average molecular weight is 268 g/mol. The Labute approximate surface area is 118 Å². The molecule has 0 bridgehead atoms. The Morgan fingerprint density at radius 2 is 1.75 bits per heavy atom. The Morgan fingerprint density at radius 1 is 1.10 bits per heavy atom. The maximum absolute atomic E-state index is 13.3. The van der Waals surface area contributed by atoms with Crippen molar-refractivity contribution in [3.8, 4) is 6.07 Å². The van der Waals surface area contributed by atoms with Crippen LogP contribution in [0.3, 0.4) is 0 Å². The summed E-state index contributed by atoms with van der Waals surface area (Å²) in [5.74, 6) is -0.489. The van der Waals surface area contributed by atoms with Gasteiger partial charge in [-0.1, -0.05) is 29.3 Å². The van der Waals surface area contributed by atoms with E-state index in [0.717, 1.165) is 5.69 Å². The van der Waals surface area contributed by atoms with E-state index in [4.69, 9.17) is 5.26 Å². The fraction of sp³-hybridized carbons (Fsp3) is 0.235. The van der Waals surface area contributed by atoms with Crippen LogP contribution in [0.1, 0.15) is 35.2 Å². The van der Waals surface area contributed by atoms with Gasteiger partial charge < -0.3 is 5.32 Å². The number of rotatable bonds is 3. The van der Waals surface area contributed by atoms with E-state index >= 15 is 0 Å². The number of hydrogen-bond donors (Lipinski definition) is 1. The molecule has 0 amide bonds. The first-order chi connectivity index (χ1) is 9.49. The molecule has 0 heterocycles. The maximum atomic E-state index is 13.3. The molecular weight excluding hydrogens is 251 g/mol. The number of nitrogens with zero attached hydrogens (tertiary/aromatic N) is 1. The lowest BCUT2D eigenvalue weighted by Gasteiger charge is -2.17. The third kappa shape index (κ3) is 3.16. The highest BCUT2D eigenvalue weighted by Gasteiger charge is 2.08. The monoisotopic (exact) mass is 268 g/mol. The van der Waals surface area contributed by atoms with Gasteiger partial charge in [-0.3, -0.25) is 0 Å². The Kier molecular flexibility index (Phi) is 4.05. The van der Waals surface area contributed by atoms with Crippen molar-refractivity contribution in [2.75, 3.05) is 5.32 Å². The summed E-state index contributed by atoms with van der Waals surface area (Å²) in [4.78, 5) is 0. The van der Waals surface area contributed by atoms with E-state index in [0.29, 0.717) is 0 Å². The molecule has 2 nitrogen and oxygen atoms in total. The molecule has 102 valence electrons. The van der Waals surface area contributed by atoms with Gasteiger partial charge in [0.1, 0.15) is 11.9 Å². The molecular formula is C17H17FN2. The van der Waals surface area contributed by atoms with Crippen LogP contribution in [0.2, 0.25) is 0 Å². The van der Waals surface area contributed by atoms with Crippen LogP contribution in [0.25, 0.3) is 0 Å². The molecule has 1 unspecified atom stereocenters. The van der Waals surface area contributed by atoms with E-state index in [-0.39, 0.29) is 11.6 Å². The zero-order valence-electron chi connectivity index (χ0n) is 11.9. The fourth-order valence-electron chi connectivity index (χ4n) is 2.29. The lowest BCUT2D eigenvalue weighted by Crippen LogP contribution is -2.07. The second-order valence-electron chi connectivity index (χ2n) is 5.09. The summed E-state index contributed by atoms with van der Waals surface area (Å²) in [7, 11) is 0. The molecule has 0 fully saturated rings. The first-order valence-electron chi connectivity index (χ1n) is 6.54. The van der Waals surface area contributed by atoms with Crippen LogP contribution in [-0.4, -0.2) is 0 Å². The fourth-order valence-corrected chi connectivity index (χ4v) is 2.29. The van der Waals surface area contributed by atoms with Gasteiger partial charge >= 0.3 is 0 Å². The third-order valence-corrected chi connectivity index (χ3v) is 3.21. The van der Waals surface area contributed by atoms with Gasteiger partial charge in [0.2, 0.25) is 0 Å². The highest BCUT2D eigenvalue weighted by molar-refractivity contribution is 5.51. The molecule has 0 radical (unpaired) electrons. The molecule has 0 saturated heterocycles. The summed E-state index contributed by atoms with van der Waals surface area (Å²) in [5.41, 5.74) is 4.40. The van der Waals surface area contributed by atoms with E-state index in [9.17, 15) is 4.39 Å². The minimum Gasteiger partial charge on any atom is -0.378 e. The molecule has 0 aliphatic carbocycles. The van der Waals surface area contributed by atoms with Gasteiger partial charge in [-0.25, -0.2) is 4.39 Å². The minimum absolute atomic E-state index is 0.0580. The molecule has 2 rings (SSSR count). The molecule has 0 aromatic heterocycles. The van der Waals surface area contributed by atoms with Crippen molar-refractivity contribution in [3.63, 3.8) is 0 Å². The molecule has 1 atom stereocenters. The second-order valence-corrected chi connectivity index (χ2v) is 5.09. The Balaban J connectivity index is 2.23. The molecule has 0 aliphatic heterocycles. The zero-order chi connectivity index (χ0) is 14.7. The molecule has 3 heteroatoms. The Hall–Kier alpha value is -2.34. The molecule has 1 N–H and O–H groups in total. The lowest BCUT2D eigenvalue weighted by molar-refractivity contribution is 0.624. The van der Waals surface area contributed by atoms with Crippen LogP contribution in [-0.2, 0) is 0 Å². The van der Waals surface area contributed by atoms with Gasteiger partial charge in [0.15, 0.2) is 0 Å². The Bertz CT molecular complexity index is 651. The third-order valence-electron chi connectivity index (χ3n) is 3.21. The van der Waals surface area contributed by atoms with E-state index < -0.39 is 5.82 Å². The quantitative estimate of drug-likeness (QED) is 0.890. The summed E-state index contributed by atoms with van der Waals surface area (Å²) >= 11 is 0. The number of nitrogens with one attached hydrogen (secondary N) is 1. The van der Waals surface area contributed by atoms with Crippen LogP contribution >= 0.6 is 0 Å². The van der Waals surface area contributed by atoms with Crippen molar-refractivity contribution in [2.45, 2.75) is 26.8 Å². The van der Waals surface area contributed by atoms with Crippen LogP contribution in [0.4, 0.5) is 10.1 Å².